The van der Waals surface area contributed by atoms with Crippen molar-refractivity contribution in [3.8, 4) is 0 Å². The molecule has 1 saturated carbocycles. The maximum atomic E-state index is 12.0. The molecule has 0 aromatic heterocycles. The van der Waals surface area contributed by atoms with Gasteiger partial charge in [-0.05, 0) is 33.1 Å². The van der Waals surface area contributed by atoms with Crippen LogP contribution in [0.3, 0.4) is 0 Å². The number of hydrogen-bond donors (Lipinski definition) is 2. The van der Waals surface area contributed by atoms with E-state index in [9.17, 15) is 9.59 Å². The number of ether oxygens (including phenoxy) is 1. The number of hydrogen-bond acceptors (Lipinski definition) is 3. The van der Waals surface area contributed by atoms with Gasteiger partial charge in [-0.3, -0.25) is 9.59 Å². The molecule has 0 saturated heterocycles. The third kappa shape index (κ3) is 4.64. The molecule has 5 nitrogen and oxygen atoms in total. The van der Waals surface area contributed by atoms with Gasteiger partial charge in [0, 0.05) is 18.6 Å². The zero-order valence-corrected chi connectivity index (χ0v) is 11.1. The van der Waals surface area contributed by atoms with Crippen LogP contribution in [0.4, 0.5) is 0 Å². The first-order valence-electron chi connectivity index (χ1n) is 6.65. The maximum absolute atomic E-state index is 12.0. The summed E-state index contributed by atoms with van der Waals surface area (Å²) in [5.74, 6) is -1.34. The summed E-state index contributed by atoms with van der Waals surface area (Å²) in [5.41, 5.74) is 0. The first-order chi connectivity index (χ1) is 8.54. The van der Waals surface area contributed by atoms with Gasteiger partial charge in [0.1, 0.15) is 0 Å². The van der Waals surface area contributed by atoms with E-state index in [1.165, 1.54) is 0 Å². The van der Waals surface area contributed by atoms with E-state index in [2.05, 4.69) is 5.32 Å². The van der Waals surface area contributed by atoms with E-state index in [1.807, 2.05) is 13.8 Å². The highest BCUT2D eigenvalue weighted by atomic mass is 16.5. The smallest absolute Gasteiger partial charge is 0.306 e. The van der Waals surface area contributed by atoms with Crippen LogP contribution in [0.15, 0.2) is 0 Å². The minimum absolute atomic E-state index is 0.0253. The lowest BCUT2D eigenvalue weighted by molar-refractivity contribution is -0.144. The predicted molar refractivity (Wildman–Crippen MR) is 67.2 cm³/mol. The lowest BCUT2D eigenvalue weighted by Gasteiger charge is -2.27. The summed E-state index contributed by atoms with van der Waals surface area (Å²) in [6.07, 6.45) is 2.75. The van der Waals surface area contributed by atoms with Crippen molar-refractivity contribution in [3.05, 3.63) is 0 Å². The molecule has 1 fully saturated rings. The molecule has 0 aromatic rings. The number of carbonyl (C=O) groups is 2. The zero-order valence-electron chi connectivity index (χ0n) is 11.1. The van der Waals surface area contributed by atoms with Crippen LogP contribution in [-0.2, 0) is 14.3 Å². The maximum Gasteiger partial charge on any atom is 0.306 e. The molecule has 104 valence electrons. The average Bonchev–Trinajstić information content (AvgIpc) is 2.36. The molecule has 5 heteroatoms. The summed E-state index contributed by atoms with van der Waals surface area (Å²) in [6, 6.07) is -0.0253. The fourth-order valence-corrected chi connectivity index (χ4v) is 2.35. The Morgan fingerprint density at radius 1 is 1.39 bits per heavy atom. The Hall–Kier alpha value is -1.10. The molecule has 1 aliphatic rings. The van der Waals surface area contributed by atoms with Gasteiger partial charge < -0.3 is 15.2 Å². The second-order valence-electron chi connectivity index (χ2n) is 4.97. The van der Waals surface area contributed by atoms with Gasteiger partial charge in [-0.25, -0.2) is 0 Å². The lowest BCUT2D eigenvalue weighted by atomic mass is 9.81. The lowest BCUT2D eigenvalue weighted by Crippen LogP contribution is -2.41. The molecule has 0 bridgehead atoms. The Morgan fingerprint density at radius 2 is 2.06 bits per heavy atom. The van der Waals surface area contributed by atoms with Crippen LogP contribution in [0.25, 0.3) is 0 Å². The van der Waals surface area contributed by atoms with Crippen molar-refractivity contribution in [1.29, 1.82) is 0 Å². The van der Waals surface area contributed by atoms with Crippen molar-refractivity contribution in [2.75, 3.05) is 13.2 Å². The first-order valence-corrected chi connectivity index (χ1v) is 6.65. The number of amides is 1. The van der Waals surface area contributed by atoms with E-state index in [0.29, 0.717) is 26.1 Å². The van der Waals surface area contributed by atoms with Crippen molar-refractivity contribution in [1.82, 2.24) is 5.32 Å². The Kier molecular flexibility index (Phi) is 6.12. The van der Waals surface area contributed by atoms with E-state index in [1.54, 1.807) is 0 Å². The first kappa shape index (κ1) is 15.0. The van der Waals surface area contributed by atoms with Gasteiger partial charge in [-0.1, -0.05) is 6.42 Å². The van der Waals surface area contributed by atoms with E-state index in [0.717, 1.165) is 12.8 Å². The number of carboxylic acids is 1. The van der Waals surface area contributed by atoms with Gasteiger partial charge in [0.05, 0.1) is 12.5 Å². The second kappa shape index (κ2) is 7.36. The van der Waals surface area contributed by atoms with Crippen LogP contribution >= 0.6 is 0 Å². The summed E-state index contributed by atoms with van der Waals surface area (Å²) in [7, 11) is 0. The molecule has 1 aliphatic carbocycles. The third-order valence-electron chi connectivity index (χ3n) is 3.35. The minimum Gasteiger partial charge on any atom is -0.481 e. The standard InChI is InChI=1S/C13H23NO4/c1-3-18-8-9(2)14-12(15)10-5-4-6-11(7-10)13(16)17/h9-11H,3-8H2,1-2H3,(H,14,15)(H,16,17). The van der Waals surface area contributed by atoms with Crippen molar-refractivity contribution in [3.63, 3.8) is 0 Å². The number of carboxylic acid groups (broad SMARTS) is 1. The topological polar surface area (TPSA) is 75.6 Å². The number of aliphatic carboxylic acids is 1. The molecule has 1 rings (SSSR count). The normalized spacial score (nSPS) is 25.4. The molecule has 0 spiro atoms. The molecular formula is C13H23NO4. The molecule has 1 amide bonds. The van der Waals surface area contributed by atoms with Gasteiger partial charge in [0.25, 0.3) is 0 Å². The van der Waals surface area contributed by atoms with Crippen LogP contribution in [0.1, 0.15) is 39.5 Å². The Bertz CT molecular complexity index is 293. The molecule has 0 aromatic carbocycles. The zero-order chi connectivity index (χ0) is 13.5. The van der Waals surface area contributed by atoms with Gasteiger partial charge in [0.15, 0.2) is 0 Å². The van der Waals surface area contributed by atoms with Crippen molar-refractivity contribution in [2.45, 2.75) is 45.6 Å². The quantitative estimate of drug-likeness (QED) is 0.754. The summed E-state index contributed by atoms with van der Waals surface area (Å²) in [6.45, 7) is 4.93. The van der Waals surface area contributed by atoms with E-state index in [4.69, 9.17) is 9.84 Å². The fourth-order valence-electron chi connectivity index (χ4n) is 2.35. The van der Waals surface area contributed by atoms with Crippen LogP contribution in [0, 0.1) is 11.8 Å². The minimum atomic E-state index is -0.783. The molecular weight excluding hydrogens is 234 g/mol. The summed E-state index contributed by atoms with van der Waals surface area (Å²) >= 11 is 0. The number of nitrogens with one attached hydrogen (secondary N) is 1. The highest BCUT2D eigenvalue weighted by Crippen LogP contribution is 2.29. The van der Waals surface area contributed by atoms with Gasteiger partial charge in [-0.15, -0.1) is 0 Å². The SMILES string of the molecule is CCOCC(C)NC(=O)C1CCCC(C(=O)O)C1. The average molecular weight is 257 g/mol. The molecule has 0 aliphatic heterocycles. The van der Waals surface area contributed by atoms with Crippen molar-refractivity contribution < 1.29 is 19.4 Å². The summed E-state index contributed by atoms with van der Waals surface area (Å²) in [5, 5.41) is 11.9. The van der Waals surface area contributed by atoms with Crippen molar-refractivity contribution >= 4 is 11.9 Å². The van der Waals surface area contributed by atoms with E-state index in [-0.39, 0.29) is 23.8 Å². The Morgan fingerprint density at radius 3 is 2.67 bits per heavy atom. The van der Waals surface area contributed by atoms with E-state index >= 15 is 0 Å². The molecule has 3 atom stereocenters. The second-order valence-corrected chi connectivity index (χ2v) is 4.97. The van der Waals surface area contributed by atoms with E-state index < -0.39 is 5.97 Å². The molecule has 0 radical (unpaired) electrons. The third-order valence-corrected chi connectivity index (χ3v) is 3.35. The fraction of sp³-hybridized carbons (Fsp3) is 0.846. The monoisotopic (exact) mass is 257 g/mol. The predicted octanol–water partition coefficient (Wildman–Crippen LogP) is 1.42. The highest BCUT2D eigenvalue weighted by Gasteiger charge is 2.31. The largest absolute Gasteiger partial charge is 0.481 e. The van der Waals surface area contributed by atoms with Crippen LogP contribution in [0.2, 0.25) is 0 Å². The van der Waals surface area contributed by atoms with Crippen molar-refractivity contribution in [2.24, 2.45) is 11.8 Å². The molecule has 2 N–H and O–H groups in total. The number of rotatable bonds is 6. The molecule has 3 unspecified atom stereocenters. The van der Waals surface area contributed by atoms with Crippen LogP contribution in [0.5, 0.6) is 0 Å². The van der Waals surface area contributed by atoms with Crippen LogP contribution < -0.4 is 5.32 Å². The Balaban J connectivity index is 2.38. The molecule has 18 heavy (non-hydrogen) atoms. The van der Waals surface area contributed by atoms with Crippen LogP contribution in [-0.4, -0.2) is 36.2 Å². The van der Waals surface area contributed by atoms with Gasteiger partial charge in [-0.2, -0.15) is 0 Å². The number of carbonyl (C=O) groups excluding carboxylic acids is 1. The highest BCUT2D eigenvalue weighted by molar-refractivity contribution is 5.80. The van der Waals surface area contributed by atoms with Gasteiger partial charge in [0.2, 0.25) is 5.91 Å². The molecule has 0 heterocycles. The summed E-state index contributed by atoms with van der Waals surface area (Å²) < 4.78 is 5.23. The Labute approximate surface area is 108 Å². The van der Waals surface area contributed by atoms with Gasteiger partial charge >= 0.3 is 5.97 Å². The summed E-state index contributed by atoms with van der Waals surface area (Å²) in [4.78, 5) is 22.9.